The maximum Gasteiger partial charge on any atom is 0.151 e. The molecule has 8 nitrogen and oxygen atoms in total. The normalized spacial score (nSPS) is 31.2. The van der Waals surface area contributed by atoms with E-state index in [0.29, 0.717) is 11.2 Å². The summed E-state index contributed by atoms with van der Waals surface area (Å²) in [6.07, 6.45) is 1.09. The van der Waals surface area contributed by atoms with Gasteiger partial charge in [-0.15, -0.1) is 0 Å². The van der Waals surface area contributed by atoms with Crippen LogP contribution in [0.5, 0.6) is 5.75 Å². The molecule has 0 spiro atoms. The van der Waals surface area contributed by atoms with Gasteiger partial charge < -0.3 is 40.3 Å². The van der Waals surface area contributed by atoms with Gasteiger partial charge in [-0.05, 0) is 68.5 Å². The quantitative estimate of drug-likeness (QED) is 0.345. The van der Waals surface area contributed by atoms with Crippen LogP contribution in [0, 0.1) is 5.92 Å². The first-order valence-electron chi connectivity index (χ1n) is 11.1. The number of carbonyl (C=O) groups is 1. The highest BCUT2D eigenvalue weighted by atomic mass is 16.4. The highest BCUT2D eigenvalue weighted by Crippen LogP contribution is 2.55. The molecule has 4 rings (SSSR count). The summed E-state index contributed by atoms with van der Waals surface area (Å²) in [4.78, 5) is 12.5. The maximum absolute atomic E-state index is 9.91. The van der Waals surface area contributed by atoms with Gasteiger partial charge in [0.05, 0.1) is 6.61 Å². The highest BCUT2D eigenvalue weighted by molar-refractivity contribution is 5.56. The molecule has 6 N–H and O–H groups in total. The fraction of sp³-hybridized carbons (Fsp3) is 0.696. The van der Waals surface area contributed by atoms with Crippen molar-refractivity contribution in [2.24, 2.45) is 5.92 Å². The Morgan fingerprint density at radius 1 is 1.16 bits per heavy atom. The average Bonchev–Trinajstić information content (AvgIpc) is 2.80. The third kappa shape index (κ3) is 4.65. The molecule has 1 aliphatic heterocycles. The van der Waals surface area contributed by atoms with E-state index in [4.69, 9.17) is 25.5 Å². The SMILES string of the molecule is CN1CC[C@]23CCCC[C@H]2[C@H]1Cc1ccc(O)cc13.O=C[C@H](O)[C@@H](O)[C@H](O)[C@H](O)CO. The molecule has 0 amide bonds. The number of hydrogen-bond donors (Lipinski definition) is 6. The Labute approximate surface area is 182 Å². The lowest BCUT2D eigenvalue weighted by atomic mass is 9.52. The van der Waals surface area contributed by atoms with Gasteiger partial charge in [-0.1, -0.05) is 18.9 Å². The van der Waals surface area contributed by atoms with Crippen molar-refractivity contribution in [3.63, 3.8) is 0 Å². The number of aliphatic hydroxyl groups excluding tert-OH is 5. The van der Waals surface area contributed by atoms with E-state index in [1.54, 1.807) is 0 Å². The van der Waals surface area contributed by atoms with Crippen LogP contribution in [0.2, 0.25) is 0 Å². The van der Waals surface area contributed by atoms with Crippen molar-refractivity contribution >= 4 is 6.29 Å². The molecule has 31 heavy (non-hydrogen) atoms. The summed E-state index contributed by atoms with van der Waals surface area (Å²) < 4.78 is 0. The lowest BCUT2D eigenvalue weighted by Crippen LogP contribution is -2.59. The molecule has 8 heteroatoms. The second-order valence-corrected chi connectivity index (χ2v) is 9.21. The number of fused-ring (bicyclic) bond motifs is 1. The smallest absolute Gasteiger partial charge is 0.151 e. The number of phenols is 1. The van der Waals surface area contributed by atoms with Crippen molar-refractivity contribution in [1.29, 1.82) is 0 Å². The Bertz CT molecular complexity index is 759. The van der Waals surface area contributed by atoms with Gasteiger partial charge in [-0.3, -0.25) is 0 Å². The van der Waals surface area contributed by atoms with Crippen molar-refractivity contribution < 1.29 is 35.4 Å². The zero-order valence-electron chi connectivity index (χ0n) is 18.0. The van der Waals surface area contributed by atoms with Crippen LogP contribution in [0.4, 0.5) is 0 Å². The minimum Gasteiger partial charge on any atom is -0.508 e. The monoisotopic (exact) mass is 437 g/mol. The molecule has 174 valence electrons. The Balaban J connectivity index is 0.000000199. The summed E-state index contributed by atoms with van der Waals surface area (Å²) in [6.45, 7) is 0.458. The van der Waals surface area contributed by atoms with Gasteiger partial charge in [-0.25, -0.2) is 0 Å². The van der Waals surface area contributed by atoms with E-state index in [1.807, 2.05) is 6.07 Å². The van der Waals surface area contributed by atoms with E-state index in [1.165, 1.54) is 56.2 Å². The summed E-state index contributed by atoms with van der Waals surface area (Å²) in [6, 6.07) is 6.85. The zero-order chi connectivity index (χ0) is 22.8. The summed E-state index contributed by atoms with van der Waals surface area (Å²) >= 11 is 0. The highest BCUT2D eigenvalue weighted by Gasteiger charge is 2.53. The topological polar surface area (TPSA) is 142 Å². The van der Waals surface area contributed by atoms with Crippen LogP contribution in [0.15, 0.2) is 18.2 Å². The molecular weight excluding hydrogens is 402 g/mol. The predicted molar refractivity (Wildman–Crippen MR) is 114 cm³/mol. The molecule has 2 fully saturated rings. The van der Waals surface area contributed by atoms with Gasteiger partial charge in [0.25, 0.3) is 0 Å². The number of nitrogens with zero attached hydrogens (tertiary/aromatic N) is 1. The number of hydrogen-bond acceptors (Lipinski definition) is 8. The third-order valence-corrected chi connectivity index (χ3v) is 7.52. The van der Waals surface area contributed by atoms with E-state index >= 15 is 0 Å². The predicted octanol–water partition coefficient (Wildman–Crippen LogP) is -0.298. The number of benzene rings is 1. The van der Waals surface area contributed by atoms with E-state index in [-0.39, 0.29) is 6.29 Å². The largest absolute Gasteiger partial charge is 0.508 e. The van der Waals surface area contributed by atoms with Crippen LogP contribution in [-0.4, -0.2) is 92.5 Å². The van der Waals surface area contributed by atoms with Crippen molar-refractivity contribution in [3.8, 4) is 5.75 Å². The molecule has 1 heterocycles. The van der Waals surface area contributed by atoms with Gasteiger partial charge in [0.15, 0.2) is 6.29 Å². The minimum atomic E-state index is -1.79. The summed E-state index contributed by atoms with van der Waals surface area (Å²) in [5.74, 6) is 1.27. The molecule has 2 aliphatic carbocycles. The number of likely N-dealkylation sites (N-methyl/N-ethyl adjacent to an activating group) is 1. The maximum atomic E-state index is 9.91. The van der Waals surface area contributed by atoms with E-state index in [9.17, 15) is 9.90 Å². The van der Waals surface area contributed by atoms with Crippen LogP contribution < -0.4 is 0 Å². The van der Waals surface area contributed by atoms with E-state index in [0.717, 1.165) is 12.0 Å². The van der Waals surface area contributed by atoms with Gasteiger partial charge in [0.2, 0.25) is 0 Å². The molecule has 7 atom stereocenters. The first-order valence-corrected chi connectivity index (χ1v) is 11.1. The molecule has 0 radical (unpaired) electrons. The summed E-state index contributed by atoms with van der Waals surface area (Å²) in [5, 5.41) is 53.5. The molecule has 1 saturated heterocycles. The number of aromatic hydroxyl groups is 1. The van der Waals surface area contributed by atoms with Crippen LogP contribution in [0.25, 0.3) is 0 Å². The lowest BCUT2D eigenvalue weighted by molar-refractivity contribution is -0.136. The number of piperidine rings is 1. The lowest BCUT2D eigenvalue weighted by Gasteiger charge is -2.58. The van der Waals surface area contributed by atoms with Crippen molar-refractivity contribution in [3.05, 3.63) is 29.3 Å². The van der Waals surface area contributed by atoms with Crippen LogP contribution >= 0.6 is 0 Å². The molecule has 1 saturated carbocycles. The number of aldehydes is 1. The minimum absolute atomic E-state index is 0.0258. The van der Waals surface area contributed by atoms with Gasteiger partial charge in [0, 0.05) is 11.5 Å². The fourth-order valence-electron chi connectivity index (χ4n) is 5.80. The van der Waals surface area contributed by atoms with Crippen molar-refractivity contribution in [2.45, 2.75) is 74.4 Å². The molecule has 0 aromatic heterocycles. The molecule has 2 bridgehead atoms. The summed E-state index contributed by atoms with van der Waals surface area (Å²) in [7, 11) is 2.30. The fourth-order valence-corrected chi connectivity index (χ4v) is 5.80. The zero-order valence-corrected chi connectivity index (χ0v) is 18.0. The van der Waals surface area contributed by atoms with Crippen LogP contribution in [0.1, 0.15) is 43.2 Å². The molecule has 3 aliphatic rings. The Morgan fingerprint density at radius 3 is 2.58 bits per heavy atom. The van der Waals surface area contributed by atoms with Crippen molar-refractivity contribution in [1.82, 2.24) is 4.90 Å². The number of likely N-dealkylation sites (tertiary alicyclic amines) is 1. The second kappa shape index (κ2) is 9.94. The van der Waals surface area contributed by atoms with Gasteiger partial charge in [-0.2, -0.15) is 0 Å². The number of aliphatic hydroxyl groups is 5. The molecule has 0 unspecified atom stereocenters. The molecular formula is C23H35NO7. The molecule has 1 aromatic rings. The first-order chi connectivity index (χ1) is 14.7. The Morgan fingerprint density at radius 2 is 1.90 bits per heavy atom. The average molecular weight is 438 g/mol. The third-order valence-electron chi connectivity index (χ3n) is 7.52. The van der Waals surface area contributed by atoms with Crippen LogP contribution in [-0.2, 0) is 16.6 Å². The molecule has 1 aromatic carbocycles. The van der Waals surface area contributed by atoms with Gasteiger partial charge >= 0.3 is 0 Å². The standard InChI is InChI=1S/C17H23NO.C6H12O6/c1-18-9-8-17-7-3-2-4-14(17)16(18)10-12-5-6-13(19)11-15(12)17;7-1-3(9)5(11)6(12)4(10)2-8/h5-6,11,14,16,19H,2-4,7-10H2,1H3;1,3-6,8-12H,2H2/t14-,16+,17+;3-,4+,5+,6+/m00/s1. The number of phenolic OH excluding ortho intramolecular Hbond substituents is 1. The van der Waals surface area contributed by atoms with Crippen LogP contribution in [0.3, 0.4) is 0 Å². The number of rotatable bonds is 5. The van der Waals surface area contributed by atoms with Crippen molar-refractivity contribution in [2.75, 3.05) is 20.2 Å². The first kappa shape index (κ1) is 24.1. The van der Waals surface area contributed by atoms with E-state index < -0.39 is 31.0 Å². The Hall–Kier alpha value is -1.55. The number of carbonyl (C=O) groups excluding carboxylic acids is 1. The van der Waals surface area contributed by atoms with E-state index in [2.05, 4.69) is 24.1 Å². The van der Waals surface area contributed by atoms with Gasteiger partial charge in [0.1, 0.15) is 30.2 Å². The Kier molecular flexibility index (Phi) is 7.72. The summed E-state index contributed by atoms with van der Waals surface area (Å²) in [5.41, 5.74) is 3.36. The second-order valence-electron chi connectivity index (χ2n) is 9.21.